The molecule has 0 radical (unpaired) electrons. The molecule has 118 valence electrons. The van der Waals surface area contributed by atoms with Gasteiger partial charge in [0, 0.05) is 32.0 Å². The van der Waals surface area contributed by atoms with Crippen molar-refractivity contribution < 1.29 is 4.74 Å². The molecular formula is C17H23N3O2. The van der Waals surface area contributed by atoms with Crippen LogP contribution in [0, 0.1) is 6.92 Å². The Hall–Kier alpha value is -1.72. The molecule has 0 unspecified atom stereocenters. The minimum atomic E-state index is -0.0222. The summed E-state index contributed by atoms with van der Waals surface area (Å²) in [4.78, 5) is 19.0. The minimum Gasteiger partial charge on any atom is -0.377 e. The number of aryl methyl sites for hydroxylation is 1. The Kier molecular flexibility index (Phi) is 4.55. The first kappa shape index (κ1) is 15.2. The number of aromatic nitrogens is 2. The Bertz CT molecular complexity index is 705. The van der Waals surface area contributed by atoms with Crippen molar-refractivity contribution in [2.24, 2.45) is 0 Å². The van der Waals surface area contributed by atoms with Gasteiger partial charge in [-0.3, -0.25) is 14.1 Å². The van der Waals surface area contributed by atoms with Crippen molar-refractivity contribution in [2.45, 2.75) is 38.8 Å². The molecule has 5 nitrogen and oxygen atoms in total. The van der Waals surface area contributed by atoms with E-state index in [9.17, 15) is 4.79 Å². The van der Waals surface area contributed by atoms with E-state index in [4.69, 9.17) is 4.74 Å². The van der Waals surface area contributed by atoms with Crippen LogP contribution in [0.5, 0.6) is 0 Å². The number of ether oxygens (including phenoxy) is 1. The van der Waals surface area contributed by atoms with Crippen molar-refractivity contribution in [1.82, 2.24) is 14.3 Å². The molecule has 0 saturated carbocycles. The summed E-state index contributed by atoms with van der Waals surface area (Å²) < 4.78 is 7.37. The van der Waals surface area contributed by atoms with Crippen molar-refractivity contribution in [3.8, 4) is 0 Å². The predicted octanol–water partition coefficient (Wildman–Crippen LogP) is 2.00. The van der Waals surface area contributed by atoms with Crippen LogP contribution in [0.15, 0.2) is 29.2 Å². The maximum atomic E-state index is 12.2. The van der Waals surface area contributed by atoms with Gasteiger partial charge in [0.25, 0.3) is 5.56 Å². The summed E-state index contributed by atoms with van der Waals surface area (Å²) in [7, 11) is 2.05. The van der Waals surface area contributed by atoms with Gasteiger partial charge in [0.15, 0.2) is 0 Å². The second-order valence-electron chi connectivity index (χ2n) is 6.16. The highest BCUT2D eigenvalue weighted by atomic mass is 16.5. The van der Waals surface area contributed by atoms with Crippen LogP contribution >= 0.6 is 0 Å². The molecule has 1 fully saturated rings. The van der Waals surface area contributed by atoms with Gasteiger partial charge in [0.05, 0.1) is 11.8 Å². The molecule has 1 saturated heterocycles. The molecule has 0 aromatic carbocycles. The first-order valence-corrected chi connectivity index (χ1v) is 7.91. The van der Waals surface area contributed by atoms with Crippen LogP contribution < -0.4 is 5.56 Å². The number of rotatable bonds is 4. The summed E-state index contributed by atoms with van der Waals surface area (Å²) in [5, 5.41) is 0. The topological polar surface area (TPSA) is 46.8 Å². The van der Waals surface area contributed by atoms with E-state index in [1.165, 1.54) is 12.8 Å². The number of hydrogen-bond donors (Lipinski definition) is 0. The number of pyridine rings is 1. The average Bonchev–Trinajstić information content (AvgIpc) is 2.49. The zero-order chi connectivity index (χ0) is 15.5. The quantitative estimate of drug-likeness (QED) is 0.866. The van der Waals surface area contributed by atoms with Gasteiger partial charge in [-0.2, -0.15) is 0 Å². The van der Waals surface area contributed by atoms with Crippen LogP contribution in [-0.4, -0.2) is 40.6 Å². The lowest BCUT2D eigenvalue weighted by Gasteiger charge is -2.27. The summed E-state index contributed by atoms with van der Waals surface area (Å²) in [5.74, 6) is 0. The smallest absolute Gasteiger partial charge is 0.258 e. The highest BCUT2D eigenvalue weighted by molar-refractivity contribution is 5.46. The molecule has 0 aliphatic carbocycles. The summed E-state index contributed by atoms with van der Waals surface area (Å²) in [5.41, 5.74) is 2.55. The standard InChI is InChI=1S/C17H23N3O2/c1-13-6-5-8-20-16(21)10-14(18-17(13)20)11-19(2)12-15-7-3-4-9-22-15/h5-6,8,10,15H,3-4,7,9,11-12H2,1-2H3/t15-/m0/s1. The van der Waals surface area contributed by atoms with Gasteiger partial charge in [-0.05, 0) is 44.9 Å². The van der Waals surface area contributed by atoms with E-state index in [0.29, 0.717) is 12.6 Å². The number of nitrogens with zero attached hydrogens (tertiary/aromatic N) is 3. The molecular weight excluding hydrogens is 278 g/mol. The fourth-order valence-electron chi connectivity index (χ4n) is 3.03. The summed E-state index contributed by atoms with van der Waals surface area (Å²) in [6.07, 6.45) is 5.61. The van der Waals surface area contributed by atoms with Crippen molar-refractivity contribution in [1.29, 1.82) is 0 Å². The highest BCUT2D eigenvalue weighted by Gasteiger charge is 2.16. The van der Waals surface area contributed by atoms with E-state index in [1.807, 2.05) is 19.1 Å². The van der Waals surface area contributed by atoms with Gasteiger partial charge < -0.3 is 4.74 Å². The van der Waals surface area contributed by atoms with Crippen LogP contribution in [0.2, 0.25) is 0 Å². The van der Waals surface area contributed by atoms with E-state index >= 15 is 0 Å². The fraction of sp³-hybridized carbons (Fsp3) is 0.529. The molecule has 1 aliphatic rings. The Labute approximate surface area is 130 Å². The summed E-state index contributed by atoms with van der Waals surface area (Å²) in [6.45, 7) is 4.40. The Morgan fingerprint density at radius 2 is 2.32 bits per heavy atom. The lowest BCUT2D eigenvalue weighted by molar-refractivity contribution is -0.00274. The van der Waals surface area contributed by atoms with Gasteiger partial charge in [0.2, 0.25) is 0 Å². The second kappa shape index (κ2) is 6.58. The molecule has 22 heavy (non-hydrogen) atoms. The molecule has 2 aromatic heterocycles. The number of hydrogen-bond acceptors (Lipinski definition) is 4. The van der Waals surface area contributed by atoms with E-state index in [2.05, 4.69) is 16.9 Å². The molecule has 1 atom stereocenters. The van der Waals surface area contributed by atoms with E-state index in [-0.39, 0.29) is 5.56 Å². The van der Waals surface area contributed by atoms with Crippen molar-refractivity contribution >= 4 is 5.65 Å². The van der Waals surface area contributed by atoms with Crippen LogP contribution in [0.4, 0.5) is 0 Å². The zero-order valence-corrected chi connectivity index (χ0v) is 13.3. The lowest BCUT2D eigenvalue weighted by Crippen LogP contribution is -2.33. The Morgan fingerprint density at radius 3 is 3.09 bits per heavy atom. The predicted molar refractivity (Wildman–Crippen MR) is 86.1 cm³/mol. The minimum absolute atomic E-state index is 0.0222. The highest BCUT2D eigenvalue weighted by Crippen LogP contribution is 2.14. The summed E-state index contributed by atoms with van der Waals surface area (Å²) in [6, 6.07) is 5.48. The first-order chi connectivity index (χ1) is 10.6. The molecule has 3 heterocycles. The molecule has 5 heteroatoms. The maximum absolute atomic E-state index is 12.2. The maximum Gasteiger partial charge on any atom is 0.258 e. The Balaban J connectivity index is 1.75. The average molecular weight is 301 g/mol. The van der Waals surface area contributed by atoms with Crippen LogP contribution in [-0.2, 0) is 11.3 Å². The molecule has 1 aliphatic heterocycles. The van der Waals surface area contributed by atoms with Gasteiger partial charge >= 0.3 is 0 Å². The zero-order valence-electron chi connectivity index (χ0n) is 13.3. The number of fused-ring (bicyclic) bond motifs is 1. The third-order valence-electron chi connectivity index (χ3n) is 4.16. The van der Waals surface area contributed by atoms with Crippen molar-refractivity contribution in [2.75, 3.05) is 20.2 Å². The van der Waals surface area contributed by atoms with E-state index < -0.39 is 0 Å². The fourth-order valence-corrected chi connectivity index (χ4v) is 3.03. The largest absolute Gasteiger partial charge is 0.377 e. The van der Waals surface area contributed by atoms with Crippen LogP contribution in [0.1, 0.15) is 30.5 Å². The monoisotopic (exact) mass is 301 g/mol. The van der Waals surface area contributed by atoms with Crippen molar-refractivity contribution in [3.63, 3.8) is 0 Å². The summed E-state index contributed by atoms with van der Waals surface area (Å²) >= 11 is 0. The third kappa shape index (κ3) is 3.36. The van der Waals surface area contributed by atoms with Crippen LogP contribution in [0.3, 0.4) is 0 Å². The third-order valence-corrected chi connectivity index (χ3v) is 4.16. The SMILES string of the molecule is Cc1cccn2c(=O)cc(CN(C)C[C@@H]3CCCCO3)nc12. The molecule has 0 bridgehead atoms. The lowest BCUT2D eigenvalue weighted by atomic mass is 10.1. The number of likely N-dealkylation sites (N-methyl/N-ethyl adjacent to an activating group) is 1. The molecule has 2 aromatic rings. The van der Waals surface area contributed by atoms with Crippen LogP contribution in [0.25, 0.3) is 5.65 Å². The van der Waals surface area contributed by atoms with Gasteiger partial charge in [-0.25, -0.2) is 4.98 Å². The van der Waals surface area contributed by atoms with E-state index in [0.717, 1.165) is 36.5 Å². The van der Waals surface area contributed by atoms with Gasteiger partial charge in [-0.1, -0.05) is 6.07 Å². The first-order valence-electron chi connectivity index (χ1n) is 7.91. The molecule has 0 amide bonds. The second-order valence-corrected chi connectivity index (χ2v) is 6.16. The molecule has 3 rings (SSSR count). The van der Waals surface area contributed by atoms with E-state index in [1.54, 1.807) is 16.7 Å². The van der Waals surface area contributed by atoms with Gasteiger partial charge in [-0.15, -0.1) is 0 Å². The Morgan fingerprint density at radius 1 is 1.45 bits per heavy atom. The molecule has 0 N–H and O–H groups in total. The molecule has 0 spiro atoms. The van der Waals surface area contributed by atoms with Crippen molar-refractivity contribution in [3.05, 3.63) is 46.0 Å². The normalized spacial score (nSPS) is 19.0. The van der Waals surface area contributed by atoms with Gasteiger partial charge in [0.1, 0.15) is 5.65 Å².